The zero-order valence-electron chi connectivity index (χ0n) is 12.0. The number of anilines is 1. The Bertz CT molecular complexity index is 406. The highest BCUT2D eigenvalue weighted by molar-refractivity contribution is 7.99. The molecule has 19 heavy (non-hydrogen) atoms. The molecule has 0 atom stereocenters. The molecule has 0 bridgehead atoms. The Labute approximate surface area is 119 Å². The van der Waals surface area contributed by atoms with Gasteiger partial charge in [0.25, 0.3) is 5.91 Å². The lowest BCUT2D eigenvalue weighted by molar-refractivity contribution is 0.0945. The minimum absolute atomic E-state index is 0.0196. The normalized spacial score (nSPS) is 11.2. The highest BCUT2D eigenvalue weighted by atomic mass is 32.2. The van der Waals surface area contributed by atoms with Crippen LogP contribution in [0, 0.1) is 0 Å². The van der Waals surface area contributed by atoms with E-state index >= 15 is 0 Å². The average Bonchev–Trinajstić information content (AvgIpc) is 2.43. The molecule has 0 aliphatic carbocycles. The van der Waals surface area contributed by atoms with Crippen molar-refractivity contribution in [1.82, 2.24) is 15.3 Å². The number of aromatic nitrogens is 2. The van der Waals surface area contributed by atoms with Crippen molar-refractivity contribution in [2.75, 3.05) is 24.7 Å². The summed E-state index contributed by atoms with van der Waals surface area (Å²) >= 11 is 1.72. The molecular formula is C13H22N4OS. The van der Waals surface area contributed by atoms with E-state index in [0.29, 0.717) is 18.1 Å². The Kier molecular flexibility index (Phi) is 6.08. The lowest BCUT2D eigenvalue weighted by Crippen LogP contribution is -2.36. The largest absolute Gasteiger partial charge is 0.369 e. The van der Waals surface area contributed by atoms with Crippen LogP contribution in [-0.4, -0.2) is 40.0 Å². The van der Waals surface area contributed by atoms with Crippen molar-refractivity contribution in [1.29, 1.82) is 0 Å². The number of carbonyl (C=O) groups excluding carboxylic acids is 1. The van der Waals surface area contributed by atoms with Gasteiger partial charge < -0.3 is 10.6 Å². The van der Waals surface area contributed by atoms with Crippen molar-refractivity contribution in [2.45, 2.75) is 31.9 Å². The van der Waals surface area contributed by atoms with Gasteiger partial charge in [-0.25, -0.2) is 9.97 Å². The van der Waals surface area contributed by atoms with Crippen LogP contribution in [0.1, 0.15) is 37.7 Å². The van der Waals surface area contributed by atoms with Crippen LogP contribution >= 0.6 is 11.8 Å². The average molecular weight is 282 g/mol. The van der Waals surface area contributed by atoms with E-state index < -0.39 is 0 Å². The van der Waals surface area contributed by atoms with E-state index in [2.05, 4.69) is 41.4 Å². The van der Waals surface area contributed by atoms with Crippen molar-refractivity contribution in [3.05, 3.63) is 18.1 Å². The number of nitrogens with zero attached hydrogens (tertiary/aromatic N) is 2. The van der Waals surface area contributed by atoms with Crippen LogP contribution in [0.4, 0.5) is 5.82 Å². The van der Waals surface area contributed by atoms with Gasteiger partial charge in [0.2, 0.25) is 0 Å². The second-order valence-electron chi connectivity index (χ2n) is 4.86. The van der Waals surface area contributed by atoms with Crippen LogP contribution in [0.25, 0.3) is 0 Å². The standard InChI is InChI=1S/C13H22N4OS/c1-5-6-14-11-8-15-10(7-16-11)12(18)17-9-13(2,3)19-4/h7-8H,5-6,9H2,1-4H3,(H,14,16)(H,17,18). The quantitative estimate of drug-likeness (QED) is 0.802. The van der Waals surface area contributed by atoms with Crippen molar-refractivity contribution in [3.8, 4) is 0 Å². The van der Waals surface area contributed by atoms with Gasteiger partial charge in [-0.2, -0.15) is 11.8 Å². The van der Waals surface area contributed by atoms with Crippen molar-refractivity contribution >= 4 is 23.5 Å². The molecule has 1 aromatic rings. The zero-order chi connectivity index (χ0) is 14.3. The monoisotopic (exact) mass is 282 g/mol. The molecule has 0 aromatic carbocycles. The third-order valence-electron chi connectivity index (χ3n) is 2.67. The number of amides is 1. The molecule has 106 valence electrons. The van der Waals surface area contributed by atoms with Gasteiger partial charge in [0.15, 0.2) is 0 Å². The summed E-state index contributed by atoms with van der Waals surface area (Å²) in [6.07, 6.45) is 6.14. The van der Waals surface area contributed by atoms with E-state index in [1.807, 2.05) is 6.26 Å². The maximum atomic E-state index is 11.9. The first kappa shape index (κ1) is 15.8. The summed E-state index contributed by atoms with van der Waals surface area (Å²) in [5, 5.41) is 5.99. The molecule has 0 fully saturated rings. The summed E-state index contributed by atoms with van der Waals surface area (Å²) in [6, 6.07) is 0. The SMILES string of the molecule is CCCNc1cnc(C(=O)NCC(C)(C)SC)cn1. The van der Waals surface area contributed by atoms with Crippen LogP contribution in [0.15, 0.2) is 12.4 Å². The molecule has 0 saturated heterocycles. The smallest absolute Gasteiger partial charge is 0.271 e. The van der Waals surface area contributed by atoms with Gasteiger partial charge in [0, 0.05) is 17.8 Å². The number of nitrogens with one attached hydrogen (secondary N) is 2. The van der Waals surface area contributed by atoms with Gasteiger partial charge in [-0.15, -0.1) is 0 Å². The Morgan fingerprint density at radius 3 is 2.63 bits per heavy atom. The second-order valence-corrected chi connectivity index (χ2v) is 6.37. The minimum atomic E-state index is -0.184. The van der Waals surface area contributed by atoms with E-state index in [1.54, 1.807) is 18.0 Å². The summed E-state index contributed by atoms with van der Waals surface area (Å²) in [5.41, 5.74) is 0.346. The van der Waals surface area contributed by atoms with Crippen LogP contribution < -0.4 is 10.6 Å². The lowest BCUT2D eigenvalue weighted by atomic mass is 10.2. The highest BCUT2D eigenvalue weighted by Gasteiger charge is 2.18. The second kappa shape index (κ2) is 7.33. The van der Waals surface area contributed by atoms with E-state index in [1.165, 1.54) is 6.20 Å². The Morgan fingerprint density at radius 2 is 2.11 bits per heavy atom. The molecule has 0 aliphatic rings. The molecule has 0 spiro atoms. The minimum Gasteiger partial charge on any atom is -0.369 e. The van der Waals surface area contributed by atoms with Gasteiger partial charge >= 0.3 is 0 Å². The summed E-state index contributed by atoms with van der Waals surface area (Å²) in [4.78, 5) is 20.2. The van der Waals surface area contributed by atoms with Gasteiger partial charge in [0.05, 0.1) is 12.4 Å². The molecule has 5 nitrogen and oxygen atoms in total. The predicted octanol–water partition coefficient (Wildman–Crippen LogP) is 2.17. The topological polar surface area (TPSA) is 66.9 Å². The summed E-state index contributed by atoms with van der Waals surface area (Å²) in [7, 11) is 0. The van der Waals surface area contributed by atoms with E-state index in [-0.39, 0.29) is 10.7 Å². The molecule has 0 radical (unpaired) electrons. The summed E-state index contributed by atoms with van der Waals surface area (Å²) < 4.78 is 0.0196. The number of hydrogen-bond acceptors (Lipinski definition) is 5. The third-order valence-corrected chi connectivity index (χ3v) is 3.92. The molecule has 1 rings (SSSR count). The number of carbonyl (C=O) groups is 1. The van der Waals surface area contributed by atoms with Crippen LogP contribution in [0.3, 0.4) is 0 Å². The molecule has 0 saturated carbocycles. The molecule has 1 amide bonds. The molecule has 6 heteroatoms. The lowest BCUT2D eigenvalue weighted by Gasteiger charge is -2.21. The fourth-order valence-corrected chi connectivity index (χ4v) is 1.46. The molecule has 0 unspecified atom stereocenters. The Balaban J connectivity index is 2.53. The van der Waals surface area contributed by atoms with Crippen molar-refractivity contribution in [2.24, 2.45) is 0 Å². The van der Waals surface area contributed by atoms with Crippen molar-refractivity contribution < 1.29 is 4.79 Å². The van der Waals surface area contributed by atoms with E-state index in [0.717, 1.165) is 13.0 Å². The molecule has 1 aromatic heterocycles. The maximum Gasteiger partial charge on any atom is 0.271 e. The van der Waals surface area contributed by atoms with E-state index in [9.17, 15) is 4.79 Å². The van der Waals surface area contributed by atoms with E-state index in [4.69, 9.17) is 0 Å². The number of hydrogen-bond donors (Lipinski definition) is 2. The first-order valence-electron chi connectivity index (χ1n) is 6.38. The molecule has 1 heterocycles. The Morgan fingerprint density at radius 1 is 1.37 bits per heavy atom. The van der Waals surface area contributed by atoms with Gasteiger partial charge in [-0.05, 0) is 26.5 Å². The van der Waals surface area contributed by atoms with Crippen LogP contribution in [-0.2, 0) is 0 Å². The third kappa shape index (κ3) is 5.46. The summed E-state index contributed by atoms with van der Waals surface area (Å²) in [6.45, 7) is 7.70. The molecular weight excluding hydrogens is 260 g/mol. The first-order valence-corrected chi connectivity index (χ1v) is 7.60. The maximum absolute atomic E-state index is 11.9. The molecule has 0 aliphatic heterocycles. The van der Waals surface area contributed by atoms with Crippen molar-refractivity contribution in [3.63, 3.8) is 0 Å². The fourth-order valence-electron chi connectivity index (χ4n) is 1.25. The number of rotatable bonds is 7. The Hall–Kier alpha value is -1.30. The first-order chi connectivity index (χ1) is 8.98. The predicted molar refractivity (Wildman–Crippen MR) is 80.7 cm³/mol. The number of thioether (sulfide) groups is 1. The molecule has 2 N–H and O–H groups in total. The summed E-state index contributed by atoms with van der Waals surface area (Å²) in [5.74, 6) is 0.513. The van der Waals surface area contributed by atoms with Gasteiger partial charge in [0.1, 0.15) is 11.5 Å². The van der Waals surface area contributed by atoms with Crippen LogP contribution in [0.2, 0.25) is 0 Å². The van der Waals surface area contributed by atoms with Crippen LogP contribution in [0.5, 0.6) is 0 Å². The zero-order valence-corrected chi connectivity index (χ0v) is 12.8. The fraction of sp³-hybridized carbons (Fsp3) is 0.615. The van der Waals surface area contributed by atoms with Gasteiger partial charge in [-0.3, -0.25) is 4.79 Å². The highest BCUT2D eigenvalue weighted by Crippen LogP contribution is 2.19. The van der Waals surface area contributed by atoms with Gasteiger partial charge in [-0.1, -0.05) is 6.92 Å².